The Morgan fingerprint density at radius 2 is 1.93 bits per heavy atom. The van der Waals surface area contributed by atoms with Crippen molar-refractivity contribution in [2.24, 2.45) is 5.92 Å². The first-order chi connectivity index (χ1) is 7.02. The van der Waals surface area contributed by atoms with Crippen molar-refractivity contribution < 1.29 is 9.53 Å². The Labute approximate surface area is 90.6 Å². The maximum atomic E-state index is 10.9. The first-order valence-corrected chi connectivity index (χ1v) is 4.99. The van der Waals surface area contributed by atoms with E-state index in [-0.39, 0.29) is 5.97 Å². The van der Waals surface area contributed by atoms with Crippen LogP contribution in [0.25, 0.3) is 5.57 Å². The molecule has 0 aliphatic heterocycles. The molecule has 0 saturated heterocycles. The van der Waals surface area contributed by atoms with Gasteiger partial charge < -0.3 is 4.74 Å². The molecular weight excluding hydrogens is 188 g/mol. The normalized spacial score (nSPS) is 10.1. The Morgan fingerprint density at radius 1 is 1.33 bits per heavy atom. The Balaban J connectivity index is 3.06. The Hall–Kier alpha value is -1.57. The molecule has 15 heavy (non-hydrogen) atoms. The maximum Gasteiger partial charge on any atom is 0.308 e. The smallest absolute Gasteiger partial charge is 0.308 e. The predicted octanol–water partition coefficient (Wildman–Crippen LogP) is 3.28. The van der Waals surface area contributed by atoms with Crippen LogP contribution in [0.2, 0.25) is 0 Å². The van der Waals surface area contributed by atoms with Gasteiger partial charge in [-0.3, -0.25) is 4.79 Å². The molecule has 0 radical (unpaired) electrons. The second-order valence-electron chi connectivity index (χ2n) is 3.77. The number of para-hydroxylation sites is 1. The van der Waals surface area contributed by atoms with Crippen molar-refractivity contribution in [2.45, 2.75) is 20.8 Å². The average Bonchev–Trinajstić information content (AvgIpc) is 2.16. The van der Waals surface area contributed by atoms with E-state index in [1.165, 1.54) is 6.92 Å². The summed E-state index contributed by atoms with van der Waals surface area (Å²) in [4.78, 5) is 10.9. The summed E-state index contributed by atoms with van der Waals surface area (Å²) < 4.78 is 5.12. The van der Waals surface area contributed by atoms with Crippen LogP contribution in [0.15, 0.2) is 30.8 Å². The lowest BCUT2D eigenvalue weighted by Gasteiger charge is -2.13. The minimum atomic E-state index is -0.306. The Kier molecular flexibility index (Phi) is 3.67. The summed E-state index contributed by atoms with van der Waals surface area (Å²) in [6.07, 6.45) is 0. The lowest BCUT2D eigenvalue weighted by Crippen LogP contribution is -2.04. The van der Waals surface area contributed by atoms with Gasteiger partial charge in [-0.1, -0.05) is 38.6 Å². The Morgan fingerprint density at radius 3 is 2.47 bits per heavy atom. The van der Waals surface area contributed by atoms with Crippen molar-refractivity contribution in [3.05, 3.63) is 36.4 Å². The van der Waals surface area contributed by atoms with Gasteiger partial charge in [0.1, 0.15) is 5.75 Å². The quantitative estimate of drug-likeness (QED) is 0.558. The van der Waals surface area contributed by atoms with E-state index in [1.54, 1.807) is 6.07 Å². The topological polar surface area (TPSA) is 26.3 Å². The first kappa shape index (κ1) is 11.5. The molecule has 0 aliphatic rings. The summed E-state index contributed by atoms with van der Waals surface area (Å²) in [5.74, 6) is 0.615. The highest BCUT2D eigenvalue weighted by Crippen LogP contribution is 2.29. The fourth-order valence-corrected chi connectivity index (χ4v) is 1.29. The van der Waals surface area contributed by atoms with Crippen LogP contribution >= 0.6 is 0 Å². The number of benzene rings is 1. The molecule has 0 unspecified atom stereocenters. The number of ether oxygens (including phenoxy) is 1. The van der Waals surface area contributed by atoms with E-state index in [4.69, 9.17) is 4.74 Å². The molecule has 0 aromatic heterocycles. The van der Waals surface area contributed by atoms with Crippen molar-refractivity contribution in [2.75, 3.05) is 0 Å². The molecule has 0 spiro atoms. The summed E-state index contributed by atoms with van der Waals surface area (Å²) in [5.41, 5.74) is 1.88. The standard InChI is InChI=1S/C13H16O2/c1-9(2)10(3)12-7-5-6-8-13(12)15-11(4)14/h5-9H,3H2,1-2,4H3. The molecule has 2 nitrogen and oxygen atoms in total. The summed E-state index contributed by atoms with van der Waals surface area (Å²) in [7, 11) is 0. The van der Waals surface area contributed by atoms with E-state index in [2.05, 4.69) is 20.4 Å². The van der Waals surface area contributed by atoms with Crippen LogP contribution in [-0.2, 0) is 4.79 Å². The maximum absolute atomic E-state index is 10.9. The molecule has 0 heterocycles. The third-order valence-electron chi connectivity index (χ3n) is 2.18. The van der Waals surface area contributed by atoms with Crippen LogP contribution in [0, 0.1) is 5.92 Å². The second-order valence-corrected chi connectivity index (χ2v) is 3.77. The van der Waals surface area contributed by atoms with Gasteiger partial charge in [0.2, 0.25) is 0 Å². The zero-order valence-electron chi connectivity index (χ0n) is 9.41. The molecule has 1 aromatic rings. The highest BCUT2D eigenvalue weighted by atomic mass is 16.5. The van der Waals surface area contributed by atoms with Crippen molar-refractivity contribution in [3.63, 3.8) is 0 Å². The minimum Gasteiger partial charge on any atom is -0.426 e. The molecule has 0 N–H and O–H groups in total. The van der Waals surface area contributed by atoms with E-state index in [0.29, 0.717) is 11.7 Å². The summed E-state index contributed by atoms with van der Waals surface area (Å²) in [6.45, 7) is 9.52. The number of carbonyl (C=O) groups is 1. The van der Waals surface area contributed by atoms with Gasteiger partial charge in [-0.2, -0.15) is 0 Å². The highest BCUT2D eigenvalue weighted by molar-refractivity contribution is 5.75. The van der Waals surface area contributed by atoms with Gasteiger partial charge in [-0.05, 0) is 17.6 Å². The number of allylic oxidation sites excluding steroid dienone is 1. The molecule has 0 fully saturated rings. The van der Waals surface area contributed by atoms with Gasteiger partial charge in [0.15, 0.2) is 0 Å². The molecule has 0 aliphatic carbocycles. The molecule has 0 bridgehead atoms. The van der Waals surface area contributed by atoms with Gasteiger partial charge >= 0.3 is 5.97 Å². The van der Waals surface area contributed by atoms with E-state index < -0.39 is 0 Å². The number of hydrogen-bond acceptors (Lipinski definition) is 2. The van der Waals surface area contributed by atoms with Crippen molar-refractivity contribution in [1.29, 1.82) is 0 Å². The third kappa shape index (κ3) is 2.94. The third-order valence-corrected chi connectivity index (χ3v) is 2.18. The number of hydrogen-bond donors (Lipinski definition) is 0. The number of esters is 1. The largest absolute Gasteiger partial charge is 0.426 e. The molecule has 2 heteroatoms. The van der Waals surface area contributed by atoms with E-state index >= 15 is 0 Å². The summed E-state index contributed by atoms with van der Waals surface area (Å²) in [6, 6.07) is 7.45. The van der Waals surface area contributed by atoms with E-state index in [9.17, 15) is 4.79 Å². The molecule has 0 atom stereocenters. The van der Waals surface area contributed by atoms with Gasteiger partial charge in [0, 0.05) is 12.5 Å². The number of carbonyl (C=O) groups excluding carboxylic acids is 1. The molecule has 80 valence electrons. The fourth-order valence-electron chi connectivity index (χ4n) is 1.29. The lowest BCUT2D eigenvalue weighted by atomic mass is 9.96. The molecule has 1 aromatic carbocycles. The monoisotopic (exact) mass is 204 g/mol. The fraction of sp³-hybridized carbons (Fsp3) is 0.308. The van der Waals surface area contributed by atoms with Crippen LogP contribution in [-0.4, -0.2) is 5.97 Å². The average molecular weight is 204 g/mol. The van der Waals surface area contributed by atoms with Crippen molar-refractivity contribution >= 4 is 11.5 Å². The van der Waals surface area contributed by atoms with Crippen LogP contribution in [0.4, 0.5) is 0 Å². The molecule has 0 amide bonds. The summed E-state index contributed by atoms with van der Waals surface area (Å²) >= 11 is 0. The molecular formula is C13H16O2. The van der Waals surface area contributed by atoms with Crippen LogP contribution in [0.5, 0.6) is 5.75 Å². The van der Waals surface area contributed by atoms with Gasteiger partial charge in [-0.25, -0.2) is 0 Å². The van der Waals surface area contributed by atoms with Crippen molar-refractivity contribution in [3.8, 4) is 5.75 Å². The van der Waals surface area contributed by atoms with Crippen LogP contribution in [0.1, 0.15) is 26.3 Å². The predicted molar refractivity (Wildman–Crippen MR) is 61.6 cm³/mol. The van der Waals surface area contributed by atoms with E-state index in [0.717, 1.165) is 11.1 Å². The zero-order chi connectivity index (χ0) is 11.4. The number of rotatable bonds is 3. The Bertz CT molecular complexity index is 378. The van der Waals surface area contributed by atoms with Crippen molar-refractivity contribution in [1.82, 2.24) is 0 Å². The van der Waals surface area contributed by atoms with Crippen LogP contribution < -0.4 is 4.74 Å². The molecule has 0 saturated carbocycles. The van der Waals surface area contributed by atoms with Gasteiger partial charge in [0.05, 0.1) is 0 Å². The molecule has 1 rings (SSSR count). The zero-order valence-corrected chi connectivity index (χ0v) is 9.41. The van der Waals surface area contributed by atoms with Gasteiger partial charge in [-0.15, -0.1) is 0 Å². The van der Waals surface area contributed by atoms with Crippen LogP contribution in [0.3, 0.4) is 0 Å². The lowest BCUT2D eigenvalue weighted by molar-refractivity contribution is -0.131. The van der Waals surface area contributed by atoms with E-state index in [1.807, 2.05) is 18.2 Å². The summed E-state index contributed by atoms with van der Waals surface area (Å²) in [5, 5.41) is 0. The minimum absolute atomic E-state index is 0.306. The SMILES string of the molecule is C=C(c1ccccc1OC(C)=O)C(C)C. The second kappa shape index (κ2) is 4.78. The highest BCUT2D eigenvalue weighted by Gasteiger charge is 2.10. The first-order valence-electron chi connectivity index (χ1n) is 4.99. The van der Waals surface area contributed by atoms with Gasteiger partial charge in [0.25, 0.3) is 0 Å².